The molecule has 0 aliphatic rings. The van der Waals surface area contributed by atoms with Crippen LogP contribution in [0.1, 0.15) is 21.5 Å². The summed E-state index contributed by atoms with van der Waals surface area (Å²) in [5, 5.41) is 12.1. The van der Waals surface area contributed by atoms with Crippen LogP contribution in [0.2, 0.25) is 0 Å². The number of benzene rings is 3. The Morgan fingerprint density at radius 1 is 0.935 bits per heavy atom. The topological polar surface area (TPSA) is 88.4 Å². The molecule has 0 spiro atoms. The molecule has 3 rings (SSSR count). The van der Waals surface area contributed by atoms with Crippen LogP contribution in [0.3, 0.4) is 0 Å². The van der Waals surface area contributed by atoms with Crippen molar-refractivity contribution in [2.24, 2.45) is 0 Å². The Balaban J connectivity index is 1.68. The lowest BCUT2D eigenvalue weighted by molar-refractivity contribution is -0.112. The van der Waals surface area contributed by atoms with E-state index in [0.29, 0.717) is 28.3 Å². The number of methoxy groups -OCH3 is 1. The Labute approximate surface area is 180 Å². The fourth-order valence-electron chi connectivity index (χ4n) is 2.74. The Hall–Kier alpha value is -4.37. The molecular weight excluding hydrogens is 392 g/mol. The molecule has 3 aromatic rings. The third-order valence-electron chi connectivity index (χ3n) is 4.49. The van der Waals surface area contributed by atoms with Crippen molar-refractivity contribution in [3.05, 3.63) is 95.1 Å². The summed E-state index contributed by atoms with van der Waals surface area (Å²) in [6, 6.07) is 22.4. The van der Waals surface area contributed by atoms with Crippen LogP contribution in [0.15, 0.2) is 78.4 Å². The molecule has 0 bridgehead atoms. The number of esters is 1. The maximum atomic E-state index is 12.4. The van der Waals surface area contributed by atoms with Crippen LogP contribution in [0.25, 0.3) is 6.08 Å². The number of ether oxygens (including phenoxy) is 2. The normalized spacial score (nSPS) is 10.7. The number of carbonyl (C=O) groups is 2. The zero-order valence-electron chi connectivity index (χ0n) is 17.1. The van der Waals surface area contributed by atoms with E-state index in [2.05, 4.69) is 5.32 Å². The van der Waals surface area contributed by atoms with E-state index in [9.17, 15) is 14.9 Å². The third kappa shape index (κ3) is 5.58. The summed E-state index contributed by atoms with van der Waals surface area (Å²) in [4.78, 5) is 24.7. The lowest BCUT2D eigenvalue weighted by atomic mass is 10.1. The summed E-state index contributed by atoms with van der Waals surface area (Å²) in [6.45, 7) is 1.87. The molecule has 0 heterocycles. The maximum Gasteiger partial charge on any atom is 0.343 e. The first-order valence-electron chi connectivity index (χ1n) is 9.45. The SMILES string of the molecule is COc1ccc(C(=O)Oc2ccc(C=C(C#N)C(=O)Nc3ccccc3C)cc2)cc1. The number of nitrogens with zero attached hydrogens (tertiary/aromatic N) is 1. The highest BCUT2D eigenvalue weighted by Gasteiger charge is 2.12. The van der Waals surface area contributed by atoms with Gasteiger partial charge in [-0.1, -0.05) is 30.3 Å². The van der Waals surface area contributed by atoms with Gasteiger partial charge in [-0.15, -0.1) is 0 Å². The largest absolute Gasteiger partial charge is 0.497 e. The first kappa shape index (κ1) is 21.3. The number of rotatable bonds is 6. The molecular formula is C25H20N2O4. The zero-order chi connectivity index (χ0) is 22.2. The zero-order valence-corrected chi connectivity index (χ0v) is 17.1. The van der Waals surface area contributed by atoms with Crippen LogP contribution in [-0.4, -0.2) is 19.0 Å². The van der Waals surface area contributed by atoms with Crippen LogP contribution in [0.4, 0.5) is 5.69 Å². The van der Waals surface area contributed by atoms with Gasteiger partial charge in [0.05, 0.1) is 12.7 Å². The third-order valence-corrected chi connectivity index (χ3v) is 4.49. The highest BCUT2D eigenvalue weighted by molar-refractivity contribution is 6.10. The Bertz CT molecular complexity index is 1160. The smallest absolute Gasteiger partial charge is 0.343 e. The van der Waals surface area contributed by atoms with E-state index in [-0.39, 0.29) is 5.57 Å². The van der Waals surface area contributed by atoms with Gasteiger partial charge < -0.3 is 14.8 Å². The first-order valence-corrected chi connectivity index (χ1v) is 9.45. The number of anilines is 1. The van der Waals surface area contributed by atoms with Crippen molar-refractivity contribution in [2.45, 2.75) is 6.92 Å². The Kier molecular flexibility index (Phi) is 6.82. The van der Waals surface area contributed by atoms with Gasteiger partial charge in [-0.05, 0) is 66.6 Å². The van der Waals surface area contributed by atoms with Crippen molar-refractivity contribution >= 4 is 23.6 Å². The number of aryl methyl sites for hydroxylation is 1. The summed E-state index contributed by atoms with van der Waals surface area (Å²) in [7, 11) is 1.55. The van der Waals surface area contributed by atoms with E-state index in [1.165, 1.54) is 6.08 Å². The monoisotopic (exact) mass is 412 g/mol. The van der Waals surface area contributed by atoms with Crippen molar-refractivity contribution in [1.29, 1.82) is 5.26 Å². The number of hydrogen-bond donors (Lipinski definition) is 1. The summed E-state index contributed by atoms with van der Waals surface area (Å²) in [6.07, 6.45) is 1.47. The van der Waals surface area contributed by atoms with Crippen molar-refractivity contribution in [3.63, 3.8) is 0 Å². The molecule has 1 amide bonds. The minimum Gasteiger partial charge on any atom is -0.497 e. The molecule has 0 atom stereocenters. The summed E-state index contributed by atoms with van der Waals surface area (Å²) >= 11 is 0. The molecule has 1 N–H and O–H groups in total. The van der Waals surface area contributed by atoms with Crippen molar-refractivity contribution in [1.82, 2.24) is 0 Å². The summed E-state index contributed by atoms with van der Waals surface area (Å²) < 4.78 is 10.4. The molecule has 0 unspecified atom stereocenters. The van der Waals surface area contributed by atoms with E-state index in [1.54, 1.807) is 61.7 Å². The molecule has 0 fully saturated rings. The minimum atomic E-state index is -0.499. The maximum absolute atomic E-state index is 12.4. The van der Waals surface area contributed by atoms with Crippen LogP contribution in [-0.2, 0) is 4.79 Å². The van der Waals surface area contributed by atoms with Crippen molar-refractivity contribution in [2.75, 3.05) is 12.4 Å². The van der Waals surface area contributed by atoms with Gasteiger partial charge in [0.1, 0.15) is 23.1 Å². The molecule has 31 heavy (non-hydrogen) atoms. The number of amides is 1. The average molecular weight is 412 g/mol. The predicted molar refractivity (Wildman–Crippen MR) is 118 cm³/mol. The molecule has 0 radical (unpaired) electrons. The van der Waals surface area contributed by atoms with Gasteiger partial charge >= 0.3 is 5.97 Å². The van der Waals surface area contributed by atoms with Gasteiger partial charge in [0.15, 0.2) is 0 Å². The van der Waals surface area contributed by atoms with E-state index < -0.39 is 11.9 Å². The number of hydrogen-bond acceptors (Lipinski definition) is 5. The quantitative estimate of drug-likeness (QED) is 0.273. The Morgan fingerprint density at radius 2 is 1.58 bits per heavy atom. The van der Waals surface area contributed by atoms with Crippen LogP contribution in [0.5, 0.6) is 11.5 Å². The van der Waals surface area contributed by atoms with E-state index in [1.807, 2.05) is 31.2 Å². The van der Waals surface area contributed by atoms with Crippen molar-refractivity contribution < 1.29 is 19.1 Å². The first-order chi connectivity index (χ1) is 15.0. The summed E-state index contributed by atoms with van der Waals surface area (Å²) in [5.74, 6) is 0.00126. The van der Waals surface area contributed by atoms with E-state index in [0.717, 1.165) is 5.56 Å². The second-order valence-corrected chi connectivity index (χ2v) is 6.63. The van der Waals surface area contributed by atoms with Gasteiger partial charge in [0.2, 0.25) is 0 Å². The molecule has 0 saturated heterocycles. The molecule has 3 aromatic carbocycles. The molecule has 0 aromatic heterocycles. The Morgan fingerprint density at radius 3 is 2.19 bits per heavy atom. The fraction of sp³-hybridized carbons (Fsp3) is 0.0800. The fourth-order valence-corrected chi connectivity index (χ4v) is 2.74. The number of carbonyl (C=O) groups excluding carboxylic acids is 2. The lowest BCUT2D eigenvalue weighted by Crippen LogP contribution is -2.14. The standard InChI is InChI=1S/C25H20N2O4/c1-17-5-3-4-6-23(17)27-24(28)20(16-26)15-18-7-11-22(12-8-18)31-25(29)19-9-13-21(30-2)14-10-19/h3-15H,1-2H3,(H,27,28). The van der Waals surface area contributed by atoms with Crippen molar-refractivity contribution in [3.8, 4) is 17.6 Å². The molecule has 0 aliphatic heterocycles. The van der Waals surface area contributed by atoms with E-state index in [4.69, 9.17) is 9.47 Å². The lowest BCUT2D eigenvalue weighted by Gasteiger charge is -2.07. The molecule has 6 nitrogen and oxygen atoms in total. The average Bonchev–Trinajstić information content (AvgIpc) is 2.80. The van der Waals surface area contributed by atoms with Crippen LogP contribution in [0, 0.1) is 18.3 Å². The van der Waals surface area contributed by atoms with Crippen LogP contribution < -0.4 is 14.8 Å². The van der Waals surface area contributed by atoms with Gasteiger partial charge in [0.25, 0.3) is 5.91 Å². The highest BCUT2D eigenvalue weighted by Crippen LogP contribution is 2.19. The second-order valence-electron chi connectivity index (χ2n) is 6.63. The highest BCUT2D eigenvalue weighted by atomic mass is 16.5. The van der Waals surface area contributed by atoms with E-state index >= 15 is 0 Å². The molecule has 6 heteroatoms. The van der Waals surface area contributed by atoms with Gasteiger partial charge in [-0.3, -0.25) is 4.79 Å². The number of nitriles is 1. The van der Waals surface area contributed by atoms with Gasteiger partial charge in [0, 0.05) is 5.69 Å². The van der Waals surface area contributed by atoms with Gasteiger partial charge in [-0.25, -0.2) is 4.79 Å². The number of para-hydroxylation sites is 1. The minimum absolute atomic E-state index is 0.0359. The number of nitrogens with one attached hydrogen (secondary N) is 1. The molecule has 0 aliphatic carbocycles. The van der Waals surface area contributed by atoms with Gasteiger partial charge in [-0.2, -0.15) is 5.26 Å². The predicted octanol–water partition coefficient (Wildman–Crippen LogP) is 4.77. The molecule has 0 saturated carbocycles. The summed E-state index contributed by atoms with van der Waals surface area (Å²) in [5.41, 5.74) is 2.53. The second kappa shape index (κ2) is 9.90. The van der Waals surface area contributed by atoms with Crippen LogP contribution >= 0.6 is 0 Å². The molecule has 154 valence electrons.